The largest absolute Gasteiger partial charge is 0.478 e. The number of aryl methyl sites for hydroxylation is 1. The Balaban J connectivity index is 1.80. The number of aromatic amines is 1. The molecule has 0 spiro atoms. The van der Waals surface area contributed by atoms with Crippen molar-refractivity contribution < 1.29 is 19.8 Å². The number of aromatic nitrogens is 5. The fourth-order valence-corrected chi connectivity index (χ4v) is 2.85. The molecule has 3 N–H and O–H groups in total. The normalized spacial score (nSPS) is 11.6. The van der Waals surface area contributed by atoms with Gasteiger partial charge in [-0.05, 0) is 36.4 Å². The van der Waals surface area contributed by atoms with E-state index in [4.69, 9.17) is 5.11 Å². The van der Waals surface area contributed by atoms with E-state index in [1.807, 2.05) is 0 Å². The van der Waals surface area contributed by atoms with Gasteiger partial charge in [-0.15, -0.1) is 0 Å². The Morgan fingerprint density at radius 1 is 1.11 bits per heavy atom. The number of carboxylic acid groups (broad SMARTS) is 2. The van der Waals surface area contributed by atoms with Crippen LogP contribution in [0, 0.1) is 0 Å². The first kappa shape index (κ1) is 16.5. The highest BCUT2D eigenvalue weighted by Gasteiger charge is 2.14. The van der Waals surface area contributed by atoms with Gasteiger partial charge in [-0.2, -0.15) is 10.2 Å². The van der Waals surface area contributed by atoms with Crippen LogP contribution in [0.4, 0.5) is 0 Å². The smallest absolute Gasteiger partial charge is 0.336 e. The van der Waals surface area contributed by atoms with E-state index in [0.717, 1.165) is 0 Å². The second kappa shape index (κ2) is 6.06. The molecule has 0 unspecified atom stereocenters. The summed E-state index contributed by atoms with van der Waals surface area (Å²) >= 11 is 0. The minimum atomic E-state index is -1.07. The zero-order valence-electron chi connectivity index (χ0n) is 14.0. The van der Waals surface area contributed by atoms with E-state index >= 15 is 0 Å². The topological polar surface area (TPSA) is 134 Å². The van der Waals surface area contributed by atoms with E-state index in [1.54, 1.807) is 25.3 Å². The first-order valence-electron chi connectivity index (χ1n) is 7.89. The van der Waals surface area contributed by atoms with Crippen LogP contribution in [0.5, 0.6) is 0 Å². The summed E-state index contributed by atoms with van der Waals surface area (Å²) in [4.78, 5) is 27.1. The fraction of sp³-hybridized carbons (Fsp3) is 0.0556. The monoisotopic (exact) mass is 363 g/mol. The molecule has 0 aliphatic carbocycles. The quantitative estimate of drug-likeness (QED) is 0.507. The molecule has 0 amide bonds. The van der Waals surface area contributed by atoms with Gasteiger partial charge in [0, 0.05) is 12.4 Å². The Morgan fingerprint density at radius 3 is 2.67 bits per heavy atom. The minimum absolute atomic E-state index is 0.107. The number of pyridine rings is 1. The van der Waals surface area contributed by atoms with Gasteiger partial charge in [0.05, 0.1) is 39.6 Å². The Labute approximate surface area is 151 Å². The summed E-state index contributed by atoms with van der Waals surface area (Å²) < 4.78 is 1.50. The molecule has 0 fully saturated rings. The van der Waals surface area contributed by atoms with Gasteiger partial charge in [0.2, 0.25) is 0 Å². The Bertz CT molecular complexity index is 1250. The lowest BCUT2D eigenvalue weighted by molar-refractivity contribution is 0.0687. The summed E-state index contributed by atoms with van der Waals surface area (Å²) in [5, 5.41) is 30.7. The number of hydrogen-bond donors (Lipinski definition) is 3. The number of benzene rings is 1. The second-order valence-corrected chi connectivity index (χ2v) is 5.91. The van der Waals surface area contributed by atoms with E-state index in [1.165, 1.54) is 29.1 Å². The summed E-state index contributed by atoms with van der Waals surface area (Å²) in [6, 6.07) is 6.09. The molecule has 0 aliphatic heterocycles. The third kappa shape index (κ3) is 2.80. The van der Waals surface area contributed by atoms with Gasteiger partial charge in [0.15, 0.2) is 5.65 Å². The number of hydrogen-bond acceptors (Lipinski definition) is 5. The summed E-state index contributed by atoms with van der Waals surface area (Å²) in [6.07, 6.45) is 4.78. The molecular weight excluding hydrogens is 350 g/mol. The molecule has 4 rings (SSSR count). The number of nitrogens with one attached hydrogen (secondary N) is 1. The SMILES string of the molecule is Cn1ncc2c(C(=O)O)cc(/C=C/c3[nH]nc4ccc(C(=O)O)cc34)nc21. The van der Waals surface area contributed by atoms with Crippen molar-refractivity contribution in [1.82, 2.24) is 25.0 Å². The number of carboxylic acids is 2. The van der Waals surface area contributed by atoms with Crippen LogP contribution in [0.3, 0.4) is 0 Å². The van der Waals surface area contributed by atoms with Crippen molar-refractivity contribution in [3.05, 3.63) is 53.0 Å². The molecule has 0 radical (unpaired) electrons. The van der Waals surface area contributed by atoms with Gasteiger partial charge >= 0.3 is 11.9 Å². The van der Waals surface area contributed by atoms with Crippen molar-refractivity contribution in [1.29, 1.82) is 0 Å². The average Bonchev–Trinajstić information content (AvgIpc) is 3.22. The number of nitrogens with zero attached hydrogens (tertiary/aromatic N) is 4. The van der Waals surface area contributed by atoms with Crippen LogP contribution in [-0.4, -0.2) is 47.1 Å². The van der Waals surface area contributed by atoms with Crippen molar-refractivity contribution >= 4 is 46.0 Å². The van der Waals surface area contributed by atoms with E-state index < -0.39 is 11.9 Å². The van der Waals surface area contributed by atoms with E-state index in [9.17, 15) is 14.7 Å². The van der Waals surface area contributed by atoms with Gasteiger partial charge in [-0.3, -0.25) is 9.78 Å². The number of carbonyl (C=O) groups is 2. The molecule has 3 aromatic heterocycles. The molecule has 9 heteroatoms. The van der Waals surface area contributed by atoms with Gasteiger partial charge in [-0.1, -0.05) is 0 Å². The zero-order chi connectivity index (χ0) is 19.1. The molecule has 134 valence electrons. The van der Waals surface area contributed by atoms with Crippen molar-refractivity contribution in [2.75, 3.05) is 0 Å². The highest BCUT2D eigenvalue weighted by Crippen LogP contribution is 2.22. The van der Waals surface area contributed by atoms with Crippen LogP contribution >= 0.6 is 0 Å². The maximum absolute atomic E-state index is 11.5. The lowest BCUT2D eigenvalue weighted by Gasteiger charge is -2.01. The Morgan fingerprint density at radius 2 is 1.93 bits per heavy atom. The van der Waals surface area contributed by atoms with Crippen LogP contribution in [0.2, 0.25) is 0 Å². The second-order valence-electron chi connectivity index (χ2n) is 5.91. The molecule has 0 saturated heterocycles. The Kier molecular flexibility index (Phi) is 3.69. The molecule has 1 aromatic carbocycles. The summed E-state index contributed by atoms with van der Waals surface area (Å²) in [6.45, 7) is 0. The van der Waals surface area contributed by atoms with Crippen molar-refractivity contribution in [2.45, 2.75) is 0 Å². The first-order chi connectivity index (χ1) is 12.9. The van der Waals surface area contributed by atoms with Gasteiger partial charge in [0.1, 0.15) is 0 Å². The van der Waals surface area contributed by atoms with Crippen molar-refractivity contribution in [3.8, 4) is 0 Å². The number of aromatic carboxylic acids is 2. The molecule has 3 heterocycles. The number of H-pyrrole nitrogens is 1. The standard InChI is InChI=1S/C18H13N5O4/c1-23-16-13(8-19-23)11(18(26)27)7-10(20-16)3-5-15-12-6-9(17(24)25)2-4-14(12)21-22-15/h2-8H,1H3,(H,21,22)(H,24,25)(H,26,27)/b5-3+. The molecule has 27 heavy (non-hydrogen) atoms. The van der Waals surface area contributed by atoms with E-state index in [2.05, 4.69) is 20.3 Å². The molecule has 0 saturated carbocycles. The van der Waals surface area contributed by atoms with Crippen LogP contribution in [0.15, 0.2) is 30.5 Å². The van der Waals surface area contributed by atoms with E-state index in [0.29, 0.717) is 33.3 Å². The predicted molar refractivity (Wildman–Crippen MR) is 97.4 cm³/mol. The third-order valence-corrected chi connectivity index (χ3v) is 4.21. The highest BCUT2D eigenvalue weighted by molar-refractivity contribution is 6.02. The van der Waals surface area contributed by atoms with Gasteiger partial charge < -0.3 is 10.2 Å². The average molecular weight is 363 g/mol. The Hall–Kier alpha value is -4.01. The van der Waals surface area contributed by atoms with Crippen LogP contribution < -0.4 is 0 Å². The van der Waals surface area contributed by atoms with Crippen LogP contribution in [0.1, 0.15) is 32.1 Å². The van der Waals surface area contributed by atoms with Crippen molar-refractivity contribution in [3.63, 3.8) is 0 Å². The van der Waals surface area contributed by atoms with Crippen LogP contribution in [-0.2, 0) is 7.05 Å². The maximum Gasteiger partial charge on any atom is 0.336 e. The summed E-state index contributed by atoms with van der Waals surface area (Å²) in [7, 11) is 1.68. The lowest BCUT2D eigenvalue weighted by atomic mass is 10.1. The molecule has 4 aromatic rings. The maximum atomic E-state index is 11.5. The van der Waals surface area contributed by atoms with Crippen molar-refractivity contribution in [2.24, 2.45) is 7.05 Å². The van der Waals surface area contributed by atoms with Gasteiger partial charge in [0.25, 0.3) is 0 Å². The molecule has 0 aliphatic rings. The number of fused-ring (bicyclic) bond motifs is 2. The molecule has 9 nitrogen and oxygen atoms in total. The van der Waals surface area contributed by atoms with Crippen LogP contribution in [0.25, 0.3) is 34.1 Å². The minimum Gasteiger partial charge on any atom is -0.478 e. The summed E-state index contributed by atoms with van der Waals surface area (Å²) in [5.41, 5.74) is 2.37. The summed E-state index contributed by atoms with van der Waals surface area (Å²) in [5.74, 6) is -2.09. The van der Waals surface area contributed by atoms with Gasteiger partial charge in [-0.25, -0.2) is 14.6 Å². The zero-order valence-corrected chi connectivity index (χ0v) is 14.0. The lowest BCUT2D eigenvalue weighted by Crippen LogP contribution is -2.01. The third-order valence-electron chi connectivity index (χ3n) is 4.21. The number of rotatable bonds is 4. The molecule has 0 atom stereocenters. The molecular formula is C18H13N5O4. The highest BCUT2D eigenvalue weighted by atomic mass is 16.4. The van der Waals surface area contributed by atoms with E-state index in [-0.39, 0.29) is 11.1 Å². The predicted octanol–water partition coefficient (Wildman–Crippen LogP) is 2.41. The molecule has 0 bridgehead atoms. The fourth-order valence-electron chi connectivity index (χ4n) is 2.85. The first-order valence-corrected chi connectivity index (χ1v) is 7.89.